The molecule has 0 aliphatic carbocycles. The summed E-state index contributed by atoms with van der Waals surface area (Å²) in [6.45, 7) is 0.623. The predicted octanol–water partition coefficient (Wildman–Crippen LogP) is 3.66. The Bertz CT molecular complexity index is 635. The lowest BCUT2D eigenvalue weighted by atomic mass is 10.3. The SMILES string of the molecule is Brc1ccc2nc(NCc3ccon3)sc2c1. The minimum Gasteiger partial charge on any atom is -0.364 e. The Morgan fingerprint density at radius 3 is 3.12 bits per heavy atom. The third kappa shape index (κ3) is 2.32. The summed E-state index contributed by atoms with van der Waals surface area (Å²) < 4.78 is 6.99. The summed E-state index contributed by atoms with van der Waals surface area (Å²) in [5.74, 6) is 0. The van der Waals surface area contributed by atoms with E-state index in [1.165, 1.54) is 0 Å². The molecule has 0 unspecified atom stereocenters. The Morgan fingerprint density at radius 1 is 1.35 bits per heavy atom. The molecule has 0 saturated carbocycles. The van der Waals surface area contributed by atoms with Gasteiger partial charge in [-0.25, -0.2) is 4.98 Å². The van der Waals surface area contributed by atoms with E-state index >= 15 is 0 Å². The van der Waals surface area contributed by atoms with Gasteiger partial charge in [0.15, 0.2) is 5.13 Å². The first-order valence-corrected chi connectivity index (χ1v) is 6.61. The van der Waals surface area contributed by atoms with E-state index in [0.717, 1.165) is 25.5 Å². The van der Waals surface area contributed by atoms with Gasteiger partial charge in [-0.15, -0.1) is 0 Å². The lowest BCUT2D eigenvalue weighted by molar-refractivity contribution is 0.412. The molecule has 0 radical (unpaired) electrons. The van der Waals surface area contributed by atoms with Crippen molar-refractivity contribution in [1.29, 1.82) is 0 Å². The second kappa shape index (κ2) is 4.46. The van der Waals surface area contributed by atoms with Crippen LogP contribution in [0.2, 0.25) is 0 Å². The van der Waals surface area contributed by atoms with Crippen molar-refractivity contribution in [2.45, 2.75) is 6.54 Å². The average Bonchev–Trinajstić information content (AvgIpc) is 2.94. The summed E-state index contributed by atoms with van der Waals surface area (Å²) in [7, 11) is 0. The number of nitrogens with zero attached hydrogens (tertiary/aromatic N) is 2. The van der Waals surface area contributed by atoms with Crippen LogP contribution in [-0.2, 0) is 6.54 Å². The normalized spacial score (nSPS) is 10.9. The van der Waals surface area contributed by atoms with Crippen LogP contribution in [0.25, 0.3) is 10.2 Å². The summed E-state index contributed by atoms with van der Waals surface area (Å²) in [6, 6.07) is 7.88. The first kappa shape index (κ1) is 10.7. The van der Waals surface area contributed by atoms with Crippen molar-refractivity contribution in [2.24, 2.45) is 0 Å². The van der Waals surface area contributed by atoms with Crippen LogP contribution in [0.1, 0.15) is 5.69 Å². The van der Waals surface area contributed by atoms with Gasteiger partial charge in [-0.2, -0.15) is 0 Å². The quantitative estimate of drug-likeness (QED) is 0.802. The topological polar surface area (TPSA) is 51.0 Å². The summed E-state index contributed by atoms with van der Waals surface area (Å²) in [5, 5.41) is 7.95. The Morgan fingerprint density at radius 2 is 2.29 bits per heavy atom. The van der Waals surface area contributed by atoms with Gasteiger partial charge in [0.05, 0.1) is 16.8 Å². The average molecular weight is 310 g/mol. The number of aromatic nitrogens is 2. The number of rotatable bonds is 3. The van der Waals surface area contributed by atoms with E-state index in [-0.39, 0.29) is 0 Å². The fraction of sp³-hybridized carbons (Fsp3) is 0.0909. The number of thiazole rings is 1. The molecule has 0 amide bonds. The van der Waals surface area contributed by atoms with Gasteiger partial charge < -0.3 is 9.84 Å². The van der Waals surface area contributed by atoms with Crippen molar-refractivity contribution in [3.05, 3.63) is 40.7 Å². The summed E-state index contributed by atoms with van der Waals surface area (Å²) >= 11 is 5.07. The molecule has 2 heterocycles. The molecule has 0 aliphatic heterocycles. The van der Waals surface area contributed by atoms with Gasteiger partial charge in [-0.1, -0.05) is 32.4 Å². The Balaban J connectivity index is 1.81. The molecule has 0 fully saturated rings. The number of hydrogen-bond donors (Lipinski definition) is 1. The molecule has 2 aromatic heterocycles. The number of fused-ring (bicyclic) bond motifs is 1. The summed E-state index contributed by atoms with van der Waals surface area (Å²) in [4.78, 5) is 4.48. The molecule has 1 N–H and O–H groups in total. The van der Waals surface area contributed by atoms with Crippen LogP contribution in [0, 0.1) is 0 Å². The largest absolute Gasteiger partial charge is 0.364 e. The highest BCUT2D eigenvalue weighted by atomic mass is 79.9. The lowest BCUT2D eigenvalue weighted by Gasteiger charge is -1.96. The van der Waals surface area contributed by atoms with Crippen LogP contribution in [0.3, 0.4) is 0 Å². The monoisotopic (exact) mass is 309 g/mol. The van der Waals surface area contributed by atoms with Crippen LogP contribution >= 0.6 is 27.3 Å². The van der Waals surface area contributed by atoms with Crippen molar-refractivity contribution in [3.8, 4) is 0 Å². The van der Waals surface area contributed by atoms with E-state index in [0.29, 0.717) is 6.54 Å². The van der Waals surface area contributed by atoms with Crippen molar-refractivity contribution in [2.75, 3.05) is 5.32 Å². The second-order valence-electron chi connectivity index (χ2n) is 3.48. The molecule has 3 aromatic rings. The molecular formula is C11H8BrN3OS. The maximum atomic E-state index is 4.76. The van der Waals surface area contributed by atoms with Crippen LogP contribution in [0.5, 0.6) is 0 Å². The fourth-order valence-corrected chi connectivity index (χ4v) is 2.88. The third-order valence-corrected chi connectivity index (χ3v) is 3.73. The van der Waals surface area contributed by atoms with E-state index < -0.39 is 0 Å². The van der Waals surface area contributed by atoms with Crippen LogP contribution in [0.4, 0.5) is 5.13 Å². The molecule has 0 saturated heterocycles. The van der Waals surface area contributed by atoms with Crippen molar-refractivity contribution < 1.29 is 4.52 Å². The number of hydrogen-bond acceptors (Lipinski definition) is 5. The van der Waals surface area contributed by atoms with Crippen LogP contribution in [0.15, 0.2) is 39.5 Å². The van der Waals surface area contributed by atoms with Crippen LogP contribution in [-0.4, -0.2) is 10.1 Å². The first-order chi connectivity index (χ1) is 8.31. The zero-order valence-corrected chi connectivity index (χ0v) is 11.1. The Kier molecular flexibility index (Phi) is 2.82. The van der Waals surface area contributed by atoms with E-state index in [1.807, 2.05) is 18.2 Å². The summed E-state index contributed by atoms with van der Waals surface area (Å²) in [6.07, 6.45) is 1.56. The lowest BCUT2D eigenvalue weighted by Crippen LogP contribution is -1.98. The molecule has 0 aliphatic rings. The smallest absolute Gasteiger partial charge is 0.184 e. The standard InChI is InChI=1S/C11H8BrN3OS/c12-7-1-2-9-10(5-7)17-11(14-9)13-6-8-3-4-16-15-8/h1-5H,6H2,(H,13,14). The zero-order chi connectivity index (χ0) is 11.7. The van der Waals surface area contributed by atoms with Crippen molar-refractivity contribution >= 4 is 42.6 Å². The van der Waals surface area contributed by atoms with E-state index in [1.54, 1.807) is 17.6 Å². The minimum absolute atomic E-state index is 0.623. The van der Waals surface area contributed by atoms with Gasteiger partial charge in [-0.05, 0) is 18.2 Å². The van der Waals surface area contributed by atoms with Crippen molar-refractivity contribution in [1.82, 2.24) is 10.1 Å². The molecule has 0 spiro atoms. The second-order valence-corrected chi connectivity index (χ2v) is 5.42. The fourth-order valence-electron chi connectivity index (χ4n) is 1.47. The van der Waals surface area contributed by atoms with Crippen LogP contribution < -0.4 is 5.32 Å². The van der Waals surface area contributed by atoms with Gasteiger partial charge in [0.1, 0.15) is 12.0 Å². The maximum Gasteiger partial charge on any atom is 0.184 e. The molecule has 0 bridgehead atoms. The van der Waals surface area contributed by atoms with Gasteiger partial charge in [0, 0.05) is 10.5 Å². The first-order valence-electron chi connectivity index (χ1n) is 5.00. The minimum atomic E-state index is 0.623. The highest BCUT2D eigenvalue weighted by Crippen LogP contribution is 2.28. The molecule has 86 valence electrons. The third-order valence-electron chi connectivity index (χ3n) is 2.26. The molecule has 17 heavy (non-hydrogen) atoms. The molecule has 4 nitrogen and oxygen atoms in total. The number of halogens is 1. The van der Waals surface area contributed by atoms with Crippen molar-refractivity contribution in [3.63, 3.8) is 0 Å². The van der Waals surface area contributed by atoms with E-state index in [9.17, 15) is 0 Å². The Hall–Kier alpha value is -1.40. The zero-order valence-electron chi connectivity index (χ0n) is 8.68. The van der Waals surface area contributed by atoms with Gasteiger partial charge in [-0.3, -0.25) is 0 Å². The number of anilines is 1. The van der Waals surface area contributed by atoms with E-state index in [4.69, 9.17) is 4.52 Å². The maximum absolute atomic E-state index is 4.76. The Labute approximate surface area is 110 Å². The number of nitrogens with one attached hydrogen (secondary N) is 1. The van der Waals surface area contributed by atoms with E-state index in [2.05, 4.69) is 37.5 Å². The highest BCUT2D eigenvalue weighted by Gasteiger charge is 2.04. The van der Waals surface area contributed by atoms with Gasteiger partial charge in [0.25, 0.3) is 0 Å². The predicted molar refractivity (Wildman–Crippen MR) is 71.1 cm³/mol. The molecule has 1 aromatic carbocycles. The van der Waals surface area contributed by atoms with Gasteiger partial charge >= 0.3 is 0 Å². The summed E-state index contributed by atoms with van der Waals surface area (Å²) in [5.41, 5.74) is 1.87. The molecule has 3 rings (SSSR count). The molecule has 6 heteroatoms. The van der Waals surface area contributed by atoms with Gasteiger partial charge in [0.2, 0.25) is 0 Å². The highest BCUT2D eigenvalue weighted by molar-refractivity contribution is 9.10. The molecule has 0 atom stereocenters. The molecular weight excluding hydrogens is 302 g/mol. The number of benzene rings is 1.